The van der Waals surface area contributed by atoms with Gasteiger partial charge in [-0.25, -0.2) is 0 Å². The van der Waals surface area contributed by atoms with Gasteiger partial charge >= 0.3 is 0 Å². The summed E-state index contributed by atoms with van der Waals surface area (Å²) < 4.78 is 0. The highest BCUT2D eigenvalue weighted by Crippen LogP contribution is 2.30. The third-order valence-corrected chi connectivity index (χ3v) is 5.19. The van der Waals surface area contributed by atoms with Gasteiger partial charge < -0.3 is 5.32 Å². The van der Waals surface area contributed by atoms with Gasteiger partial charge in [-0.05, 0) is 57.2 Å². The van der Waals surface area contributed by atoms with Crippen molar-refractivity contribution in [2.75, 3.05) is 13.1 Å². The van der Waals surface area contributed by atoms with Gasteiger partial charge in [-0.3, -0.25) is 4.90 Å². The summed E-state index contributed by atoms with van der Waals surface area (Å²) >= 11 is 0. The zero-order valence-corrected chi connectivity index (χ0v) is 12.7. The topological polar surface area (TPSA) is 15.3 Å². The van der Waals surface area contributed by atoms with Crippen molar-refractivity contribution in [1.82, 2.24) is 10.2 Å². The van der Waals surface area contributed by atoms with Crippen molar-refractivity contribution < 1.29 is 0 Å². The number of rotatable bonds is 5. The lowest BCUT2D eigenvalue weighted by atomic mass is 9.80. The van der Waals surface area contributed by atoms with Crippen LogP contribution >= 0.6 is 0 Å². The summed E-state index contributed by atoms with van der Waals surface area (Å²) in [5.74, 6) is 0.956. The molecule has 110 valence electrons. The van der Waals surface area contributed by atoms with Crippen LogP contribution in [0.2, 0.25) is 0 Å². The molecule has 20 heavy (non-hydrogen) atoms. The first kappa shape index (κ1) is 14.1. The van der Waals surface area contributed by atoms with Crippen molar-refractivity contribution in [3.63, 3.8) is 0 Å². The van der Waals surface area contributed by atoms with E-state index in [1.165, 1.54) is 50.8 Å². The molecule has 0 spiro atoms. The lowest BCUT2D eigenvalue weighted by molar-refractivity contribution is 0.162. The predicted molar refractivity (Wildman–Crippen MR) is 84.7 cm³/mol. The van der Waals surface area contributed by atoms with Crippen molar-refractivity contribution in [3.05, 3.63) is 35.9 Å². The highest BCUT2D eigenvalue weighted by atomic mass is 15.1. The summed E-state index contributed by atoms with van der Waals surface area (Å²) in [6.07, 6.45) is 6.96. The first-order valence-corrected chi connectivity index (χ1v) is 8.33. The number of hydrogen-bond acceptors (Lipinski definition) is 2. The number of benzene rings is 1. The minimum Gasteiger partial charge on any atom is -0.311 e. The van der Waals surface area contributed by atoms with Gasteiger partial charge in [0.25, 0.3) is 0 Å². The molecule has 0 bridgehead atoms. The van der Waals surface area contributed by atoms with Gasteiger partial charge in [0.1, 0.15) is 0 Å². The molecule has 1 aliphatic heterocycles. The van der Waals surface area contributed by atoms with E-state index in [2.05, 4.69) is 47.5 Å². The lowest BCUT2D eigenvalue weighted by Crippen LogP contribution is -2.48. The third-order valence-electron chi connectivity index (χ3n) is 5.19. The summed E-state index contributed by atoms with van der Waals surface area (Å²) in [6.45, 7) is 5.99. The van der Waals surface area contributed by atoms with E-state index in [0.717, 1.165) is 24.5 Å². The van der Waals surface area contributed by atoms with E-state index in [1.807, 2.05) is 0 Å². The molecule has 2 fully saturated rings. The SMILES string of the molecule is CC(NC1CCN(Cc2ccccc2)CC1)C1CCC1. The second-order valence-corrected chi connectivity index (χ2v) is 6.68. The van der Waals surface area contributed by atoms with Crippen molar-refractivity contribution in [3.8, 4) is 0 Å². The van der Waals surface area contributed by atoms with Crippen molar-refractivity contribution in [2.45, 2.75) is 57.7 Å². The quantitative estimate of drug-likeness (QED) is 0.883. The number of piperidine rings is 1. The minimum atomic E-state index is 0.731. The Labute approximate surface area is 123 Å². The molecule has 3 rings (SSSR count). The number of nitrogens with one attached hydrogen (secondary N) is 1. The third kappa shape index (κ3) is 3.62. The fourth-order valence-corrected chi connectivity index (χ4v) is 3.55. The Morgan fingerprint density at radius 3 is 2.40 bits per heavy atom. The summed E-state index contributed by atoms with van der Waals surface area (Å²) in [5, 5.41) is 3.88. The molecule has 0 amide bonds. The first-order valence-electron chi connectivity index (χ1n) is 8.33. The smallest absolute Gasteiger partial charge is 0.0233 e. The fourth-order valence-electron chi connectivity index (χ4n) is 3.55. The molecule has 0 aromatic heterocycles. The van der Waals surface area contributed by atoms with Crippen LogP contribution in [-0.4, -0.2) is 30.1 Å². The second kappa shape index (κ2) is 6.73. The molecule has 2 nitrogen and oxygen atoms in total. The van der Waals surface area contributed by atoms with Gasteiger partial charge in [-0.15, -0.1) is 0 Å². The molecule has 1 aromatic rings. The number of hydrogen-bond donors (Lipinski definition) is 1. The van der Waals surface area contributed by atoms with E-state index < -0.39 is 0 Å². The van der Waals surface area contributed by atoms with E-state index in [0.29, 0.717) is 0 Å². The van der Waals surface area contributed by atoms with Crippen LogP contribution in [-0.2, 0) is 6.54 Å². The van der Waals surface area contributed by atoms with Gasteiger partial charge in [0, 0.05) is 18.6 Å². The maximum atomic E-state index is 3.88. The maximum Gasteiger partial charge on any atom is 0.0233 e. The summed E-state index contributed by atoms with van der Waals surface area (Å²) in [5.41, 5.74) is 1.45. The van der Waals surface area contributed by atoms with E-state index in [4.69, 9.17) is 0 Å². The largest absolute Gasteiger partial charge is 0.311 e. The highest BCUT2D eigenvalue weighted by Gasteiger charge is 2.27. The summed E-state index contributed by atoms with van der Waals surface area (Å²) in [6, 6.07) is 12.3. The van der Waals surface area contributed by atoms with Crippen molar-refractivity contribution in [1.29, 1.82) is 0 Å². The van der Waals surface area contributed by atoms with Gasteiger partial charge in [0.05, 0.1) is 0 Å². The molecule has 1 aromatic carbocycles. The fraction of sp³-hybridized carbons (Fsp3) is 0.667. The van der Waals surface area contributed by atoms with Crippen molar-refractivity contribution in [2.24, 2.45) is 5.92 Å². The predicted octanol–water partition coefficient (Wildman–Crippen LogP) is 3.43. The molecular weight excluding hydrogens is 244 g/mol. The molecule has 1 saturated carbocycles. The molecular formula is C18H28N2. The van der Waals surface area contributed by atoms with Crippen LogP contribution in [0.15, 0.2) is 30.3 Å². The lowest BCUT2D eigenvalue weighted by Gasteiger charge is -2.38. The van der Waals surface area contributed by atoms with Gasteiger partial charge in [-0.2, -0.15) is 0 Å². The van der Waals surface area contributed by atoms with Crippen molar-refractivity contribution >= 4 is 0 Å². The minimum absolute atomic E-state index is 0.731. The summed E-state index contributed by atoms with van der Waals surface area (Å²) in [4.78, 5) is 2.60. The monoisotopic (exact) mass is 272 g/mol. The Bertz CT molecular complexity index is 391. The molecule has 2 heteroatoms. The number of likely N-dealkylation sites (tertiary alicyclic amines) is 1. The van der Waals surface area contributed by atoms with Crippen LogP contribution in [0.5, 0.6) is 0 Å². The van der Waals surface area contributed by atoms with Crippen LogP contribution in [0.4, 0.5) is 0 Å². The van der Waals surface area contributed by atoms with E-state index >= 15 is 0 Å². The van der Waals surface area contributed by atoms with Crippen LogP contribution in [0.3, 0.4) is 0 Å². The molecule has 1 heterocycles. The first-order chi connectivity index (χ1) is 9.81. The molecule has 1 unspecified atom stereocenters. The van der Waals surface area contributed by atoms with E-state index in [9.17, 15) is 0 Å². The molecule has 2 aliphatic rings. The summed E-state index contributed by atoms with van der Waals surface area (Å²) in [7, 11) is 0. The van der Waals surface area contributed by atoms with E-state index in [-0.39, 0.29) is 0 Å². The molecule has 1 N–H and O–H groups in total. The zero-order valence-electron chi connectivity index (χ0n) is 12.7. The van der Waals surface area contributed by atoms with Crippen LogP contribution in [0.1, 0.15) is 44.6 Å². The average molecular weight is 272 g/mol. The average Bonchev–Trinajstić information content (AvgIpc) is 2.40. The van der Waals surface area contributed by atoms with Gasteiger partial charge in [-0.1, -0.05) is 36.8 Å². The Morgan fingerprint density at radius 1 is 1.10 bits per heavy atom. The Balaban J connectivity index is 1.40. The molecule has 1 atom stereocenters. The normalized spacial score (nSPS) is 23.4. The van der Waals surface area contributed by atoms with Crippen LogP contribution < -0.4 is 5.32 Å². The molecule has 1 aliphatic carbocycles. The molecule has 1 saturated heterocycles. The maximum absolute atomic E-state index is 3.88. The standard InChI is InChI=1S/C18H28N2/c1-15(17-8-5-9-17)19-18-10-12-20(13-11-18)14-16-6-3-2-4-7-16/h2-4,6-7,15,17-19H,5,8-14H2,1H3. The Morgan fingerprint density at radius 2 is 1.80 bits per heavy atom. The van der Waals surface area contributed by atoms with Crippen LogP contribution in [0, 0.1) is 5.92 Å². The second-order valence-electron chi connectivity index (χ2n) is 6.68. The molecule has 0 radical (unpaired) electrons. The van der Waals surface area contributed by atoms with Crippen LogP contribution in [0.25, 0.3) is 0 Å². The highest BCUT2D eigenvalue weighted by molar-refractivity contribution is 5.14. The Hall–Kier alpha value is -0.860. The Kier molecular flexibility index (Phi) is 4.74. The van der Waals surface area contributed by atoms with E-state index in [1.54, 1.807) is 0 Å². The zero-order chi connectivity index (χ0) is 13.8. The number of nitrogens with zero attached hydrogens (tertiary/aromatic N) is 1. The van der Waals surface area contributed by atoms with Gasteiger partial charge in [0.15, 0.2) is 0 Å². The van der Waals surface area contributed by atoms with Gasteiger partial charge in [0.2, 0.25) is 0 Å².